The van der Waals surface area contributed by atoms with Crippen molar-refractivity contribution < 1.29 is 8.78 Å². The monoisotopic (exact) mass is 339 g/mol. The van der Waals surface area contributed by atoms with Gasteiger partial charge in [-0.3, -0.25) is 0 Å². The van der Waals surface area contributed by atoms with Crippen molar-refractivity contribution in [3.8, 4) is 0 Å². The Balaban J connectivity index is 2.61. The first-order valence-electron chi connectivity index (χ1n) is 9.64. The van der Waals surface area contributed by atoms with E-state index in [1.54, 1.807) is 0 Å². The van der Waals surface area contributed by atoms with Gasteiger partial charge in [-0.05, 0) is 44.2 Å². The largest absolute Gasteiger partial charge is 0.369 e. The number of halogens is 2. The topological polar surface area (TPSA) is 3.24 Å². The Morgan fingerprint density at radius 3 is 2.25 bits per heavy atom. The van der Waals surface area contributed by atoms with E-state index in [1.165, 1.54) is 32.6 Å². The number of hydrogen-bond donors (Lipinski definition) is 0. The molecule has 0 saturated carbocycles. The number of benzene rings is 1. The van der Waals surface area contributed by atoms with Crippen LogP contribution in [0, 0.1) is 5.92 Å². The van der Waals surface area contributed by atoms with E-state index in [4.69, 9.17) is 0 Å². The first-order valence-corrected chi connectivity index (χ1v) is 9.64. The number of para-hydroxylation sites is 1. The molecule has 1 rings (SSSR count). The third-order valence-corrected chi connectivity index (χ3v) is 4.77. The molecule has 3 heteroatoms. The van der Waals surface area contributed by atoms with Crippen LogP contribution in [0.4, 0.5) is 14.5 Å². The highest BCUT2D eigenvalue weighted by atomic mass is 19.1. The van der Waals surface area contributed by atoms with E-state index < -0.39 is 12.3 Å². The van der Waals surface area contributed by atoms with Gasteiger partial charge in [-0.1, -0.05) is 57.7 Å². The van der Waals surface area contributed by atoms with Gasteiger partial charge in [0, 0.05) is 18.8 Å². The predicted molar refractivity (Wildman–Crippen MR) is 101 cm³/mol. The highest BCUT2D eigenvalue weighted by molar-refractivity contribution is 5.46. The van der Waals surface area contributed by atoms with Crippen LogP contribution in [0.1, 0.15) is 65.7 Å². The molecule has 0 aliphatic heterocycles. The van der Waals surface area contributed by atoms with Crippen molar-refractivity contribution in [2.24, 2.45) is 5.92 Å². The summed E-state index contributed by atoms with van der Waals surface area (Å²) in [7, 11) is 0. The molecule has 0 fully saturated rings. The molecule has 0 radical (unpaired) electrons. The summed E-state index contributed by atoms with van der Waals surface area (Å²) in [5.41, 5.74) is 1.07. The lowest BCUT2D eigenvalue weighted by molar-refractivity contribution is 0.260. The summed E-state index contributed by atoms with van der Waals surface area (Å²) in [4.78, 5) is 2.14. The zero-order chi connectivity index (χ0) is 17.8. The van der Waals surface area contributed by atoms with Crippen molar-refractivity contribution in [3.05, 3.63) is 30.3 Å². The highest BCUT2D eigenvalue weighted by Crippen LogP contribution is 2.21. The summed E-state index contributed by atoms with van der Waals surface area (Å²) in [5, 5.41) is 0. The van der Waals surface area contributed by atoms with Crippen LogP contribution in [0.15, 0.2) is 30.3 Å². The molecule has 3 unspecified atom stereocenters. The van der Waals surface area contributed by atoms with Crippen molar-refractivity contribution in [2.75, 3.05) is 18.0 Å². The molecule has 0 aliphatic carbocycles. The minimum atomic E-state index is -0.973. The third kappa shape index (κ3) is 8.65. The van der Waals surface area contributed by atoms with Gasteiger partial charge >= 0.3 is 0 Å². The molecule has 0 saturated heterocycles. The number of rotatable bonds is 13. The van der Waals surface area contributed by atoms with E-state index in [2.05, 4.69) is 18.7 Å². The lowest BCUT2D eigenvalue weighted by Gasteiger charge is -2.28. The Kier molecular flexibility index (Phi) is 10.7. The molecule has 0 aliphatic rings. The molecule has 1 aromatic rings. The van der Waals surface area contributed by atoms with Crippen LogP contribution >= 0.6 is 0 Å². The van der Waals surface area contributed by atoms with Crippen molar-refractivity contribution in [1.82, 2.24) is 0 Å². The number of alkyl halides is 2. The van der Waals surface area contributed by atoms with E-state index in [-0.39, 0.29) is 0 Å². The summed E-state index contributed by atoms with van der Waals surface area (Å²) in [6, 6.07) is 10.0. The second-order valence-electron chi connectivity index (χ2n) is 6.94. The summed E-state index contributed by atoms with van der Waals surface area (Å²) < 4.78 is 27.3. The van der Waals surface area contributed by atoms with Crippen molar-refractivity contribution in [3.63, 3.8) is 0 Å². The molecule has 1 nitrogen and oxygen atoms in total. The number of anilines is 1. The average molecular weight is 340 g/mol. The molecule has 0 bridgehead atoms. The molecule has 0 N–H and O–H groups in total. The average Bonchev–Trinajstić information content (AvgIpc) is 2.59. The van der Waals surface area contributed by atoms with E-state index in [0.717, 1.165) is 18.7 Å². The van der Waals surface area contributed by atoms with Gasteiger partial charge in [-0.15, -0.1) is 0 Å². The van der Waals surface area contributed by atoms with Gasteiger partial charge in [-0.2, -0.15) is 0 Å². The highest BCUT2D eigenvalue weighted by Gasteiger charge is 2.16. The van der Waals surface area contributed by atoms with Crippen molar-refractivity contribution >= 4 is 5.69 Å². The maximum atomic E-state index is 14.3. The molecule has 24 heavy (non-hydrogen) atoms. The Labute approximate surface area is 147 Å². The lowest BCUT2D eigenvalue weighted by Crippen LogP contribution is -2.32. The van der Waals surface area contributed by atoms with E-state index in [9.17, 15) is 8.78 Å². The SMILES string of the molecule is CCCCC(CC)CCN(CC(F)CCC(C)F)c1ccccc1. The normalized spacial score (nSPS) is 15.0. The van der Waals surface area contributed by atoms with E-state index >= 15 is 0 Å². The fourth-order valence-corrected chi connectivity index (χ4v) is 3.09. The van der Waals surface area contributed by atoms with Gasteiger partial charge in [-0.25, -0.2) is 8.78 Å². The molecule has 0 aromatic heterocycles. The molecule has 1 aromatic carbocycles. The Hall–Kier alpha value is -1.12. The number of hydrogen-bond acceptors (Lipinski definition) is 1. The minimum Gasteiger partial charge on any atom is -0.369 e. The minimum absolute atomic E-state index is 0.300. The van der Waals surface area contributed by atoms with Crippen LogP contribution in [-0.2, 0) is 0 Å². The summed E-state index contributed by atoms with van der Waals surface area (Å²) in [6.07, 6.45) is 4.74. The molecule has 0 heterocycles. The zero-order valence-electron chi connectivity index (χ0n) is 15.7. The van der Waals surface area contributed by atoms with Crippen LogP contribution < -0.4 is 4.90 Å². The maximum Gasteiger partial charge on any atom is 0.118 e. The molecule has 3 atom stereocenters. The van der Waals surface area contributed by atoms with Crippen LogP contribution in [-0.4, -0.2) is 25.4 Å². The summed E-state index contributed by atoms with van der Waals surface area (Å²) >= 11 is 0. The smallest absolute Gasteiger partial charge is 0.118 e. The van der Waals surface area contributed by atoms with Gasteiger partial charge < -0.3 is 4.90 Å². The molecule has 138 valence electrons. The van der Waals surface area contributed by atoms with E-state index in [1.807, 2.05) is 30.3 Å². The van der Waals surface area contributed by atoms with Crippen molar-refractivity contribution in [2.45, 2.75) is 78.1 Å². The molecular formula is C21H35F2N. The summed E-state index contributed by atoms with van der Waals surface area (Å²) in [5.74, 6) is 0.708. The van der Waals surface area contributed by atoms with Crippen LogP contribution in [0.25, 0.3) is 0 Å². The molecular weight excluding hydrogens is 304 g/mol. The van der Waals surface area contributed by atoms with Gasteiger partial charge in [0.1, 0.15) is 6.17 Å². The van der Waals surface area contributed by atoms with Crippen LogP contribution in [0.5, 0.6) is 0 Å². The fraction of sp³-hybridized carbons (Fsp3) is 0.714. The maximum absolute atomic E-state index is 14.3. The number of unbranched alkanes of at least 4 members (excludes halogenated alkanes) is 1. The number of nitrogens with zero attached hydrogens (tertiary/aromatic N) is 1. The second kappa shape index (κ2) is 12.3. The Morgan fingerprint density at radius 1 is 0.958 bits per heavy atom. The summed E-state index contributed by atoms with van der Waals surface area (Å²) in [6.45, 7) is 7.20. The van der Waals surface area contributed by atoms with Gasteiger partial charge in [0.2, 0.25) is 0 Å². The van der Waals surface area contributed by atoms with Crippen LogP contribution in [0.2, 0.25) is 0 Å². The van der Waals surface area contributed by atoms with Gasteiger partial charge in [0.15, 0.2) is 0 Å². The van der Waals surface area contributed by atoms with Crippen LogP contribution in [0.3, 0.4) is 0 Å². The first kappa shape index (κ1) is 20.9. The third-order valence-electron chi connectivity index (χ3n) is 4.77. The molecule has 0 amide bonds. The quantitative estimate of drug-likeness (QED) is 0.392. The predicted octanol–water partition coefficient (Wildman–Crippen LogP) is 6.58. The first-order chi connectivity index (χ1) is 11.6. The van der Waals surface area contributed by atoms with Gasteiger partial charge in [0.25, 0.3) is 0 Å². The Bertz CT molecular complexity index is 408. The standard InChI is InChI=1S/C21H35F2N/c1-4-6-10-19(5-2)15-16-24(21-11-8-7-9-12-21)17-20(23)14-13-18(3)22/h7-9,11-12,18-20H,4-6,10,13-17H2,1-3H3. The zero-order valence-corrected chi connectivity index (χ0v) is 15.7. The molecule has 0 spiro atoms. The second-order valence-corrected chi connectivity index (χ2v) is 6.94. The lowest BCUT2D eigenvalue weighted by atomic mass is 9.95. The van der Waals surface area contributed by atoms with Gasteiger partial charge in [0.05, 0.1) is 6.17 Å². The van der Waals surface area contributed by atoms with Crippen molar-refractivity contribution in [1.29, 1.82) is 0 Å². The Morgan fingerprint density at radius 2 is 1.67 bits per heavy atom. The fourth-order valence-electron chi connectivity index (χ4n) is 3.09. The van der Waals surface area contributed by atoms with E-state index in [0.29, 0.717) is 25.3 Å².